The molecule has 0 fully saturated rings. The van der Waals surface area contributed by atoms with Crippen molar-refractivity contribution in [3.05, 3.63) is 52.9 Å². The van der Waals surface area contributed by atoms with Crippen molar-refractivity contribution in [1.82, 2.24) is 14.8 Å². The zero-order valence-electron chi connectivity index (χ0n) is 11.1. The second-order valence-electron chi connectivity index (χ2n) is 4.63. The van der Waals surface area contributed by atoms with E-state index in [1.807, 2.05) is 43.7 Å². The van der Waals surface area contributed by atoms with Gasteiger partial charge in [-0.15, -0.1) is 0 Å². The maximum atomic E-state index is 5.75. The molecule has 3 aromatic rings. The molecule has 0 amide bonds. The second kappa shape index (κ2) is 5.63. The summed E-state index contributed by atoms with van der Waals surface area (Å²) in [6.07, 6.45) is 6.46. The monoisotopic (exact) mass is 331 g/mol. The molecule has 2 heterocycles. The highest BCUT2D eigenvalue weighted by Gasteiger charge is 2.01. The molecule has 0 saturated carbocycles. The number of halogens is 1. The average molecular weight is 332 g/mol. The number of hydrogen-bond acceptors (Lipinski definition) is 3. The normalized spacial score (nSPS) is 10.9. The first-order valence-electron chi connectivity index (χ1n) is 6.36. The highest BCUT2D eigenvalue weighted by molar-refractivity contribution is 9.10. The molecular weight excluding hydrogens is 318 g/mol. The van der Waals surface area contributed by atoms with E-state index in [2.05, 4.69) is 26.0 Å². The van der Waals surface area contributed by atoms with Gasteiger partial charge in [0.25, 0.3) is 0 Å². The second-order valence-corrected chi connectivity index (χ2v) is 5.54. The number of aryl methyl sites for hydroxylation is 1. The van der Waals surface area contributed by atoms with Gasteiger partial charge in [-0.1, -0.05) is 15.9 Å². The van der Waals surface area contributed by atoms with Crippen molar-refractivity contribution in [2.75, 3.05) is 6.61 Å². The lowest BCUT2D eigenvalue weighted by Crippen LogP contribution is -2.01. The molecular formula is C15H14BrN3O. The summed E-state index contributed by atoms with van der Waals surface area (Å²) in [5, 5.41) is 5.20. The molecule has 0 aliphatic carbocycles. The van der Waals surface area contributed by atoms with E-state index in [1.165, 1.54) is 5.56 Å². The maximum Gasteiger partial charge on any atom is 0.138 e. The molecule has 4 nitrogen and oxygen atoms in total. The molecule has 0 aliphatic heterocycles. The van der Waals surface area contributed by atoms with Gasteiger partial charge in [0.15, 0.2) is 0 Å². The molecule has 3 rings (SSSR count). The van der Waals surface area contributed by atoms with Crippen LogP contribution in [0.3, 0.4) is 0 Å². The summed E-state index contributed by atoms with van der Waals surface area (Å²) >= 11 is 3.46. The molecule has 2 aromatic heterocycles. The van der Waals surface area contributed by atoms with Crippen LogP contribution in [-0.4, -0.2) is 21.4 Å². The first-order valence-corrected chi connectivity index (χ1v) is 7.16. The summed E-state index contributed by atoms with van der Waals surface area (Å²) in [5.41, 5.74) is 2.14. The van der Waals surface area contributed by atoms with Gasteiger partial charge in [0.2, 0.25) is 0 Å². The highest BCUT2D eigenvalue weighted by atomic mass is 79.9. The molecule has 20 heavy (non-hydrogen) atoms. The molecule has 1 aromatic carbocycles. The molecule has 0 unspecified atom stereocenters. The van der Waals surface area contributed by atoms with Crippen molar-refractivity contribution in [3.8, 4) is 5.75 Å². The van der Waals surface area contributed by atoms with Crippen LogP contribution in [0.15, 0.2) is 47.3 Å². The van der Waals surface area contributed by atoms with Gasteiger partial charge >= 0.3 is 0 Å². The Bertz CT molecular complexity index is 739. The first kappa shape index (κ1) is 13.1. The Labute approximate surface area is 125 Å². The van der Waals surface area contributed by atoms with E-state index in [9.17, 15) is 0 Å². The van der Waals surface area contributed by atoms with E-state index in [4.69, 9.17) is 4.74 Å². The number of rotatable bonds is 4. The van der Waals surface area contributed by atoms with Gasteiger partial charge in [-0.3, -0.25) is 9.67 Å². The summed E-state index contributed by atoms with van der Waals surface area (Å²) in [6.45, 7) is 0.618. The minimum atomic E-state index is 0.618. The molecule has 0 aliphatic rings. The quantitative estimate of drug-likeness (QED) is 0.736. The molecule has 0 N–H and O–H groups in total. The predicted molar refractivity (Wildman–Crippen MR) is 81.9 cm³/mol. The van der Waals surface area contributed by atoms with E-state index in [1.54, 1.807) is 10.9 Å². The molecule has 5 heteroatoms. The number of aromatic nitrogens is 3. The zero-order chi connectivity index (χ0) is 13.9. The number of nitrogens with zero attached hydrogens (tertiary/aromatic N) is 3. The van der Waals surface area contributed by atoms with Gasteiger partial charge in [0.05, 0.1) is 24.5 Å². The van der Waals surface area contributed by atoms with Crippen LogP contribution in [0, 0.1) is 0 Å². The largest absolute Gasteiger partial charge is 0.492 e. The van der Waals surface area contributed by atoms with Gasteiger partial charge in [0.1, 0.15) is 5.75 Å². The highest BCUT2D eigenvalue weighted by Crippen LogP contribution is 2.22. The van der Waals surface area contributed by atoms with Crippen LogP contribution in [0.5, 0.6) is 5.75 Å². The predicted octanol–water partition coefficient (Wildman–Crippen LogP) is 3.35. The van der Waals surface area contributed by atoms with Gasteiger partial charge in [-0.05, 0) is 29.8 Å². The SMILES string of the molecule is Cn1cc(CCOc2cnc3ccc(Br)cc3c2)cn1. The Morgan fingerprint density at radius 3 is 2.95 bits per heavy atom. The van der Waals surface area contributed by atoms with E-state index in [0.717, 1.165) is 27.5 Å². The Hall–Kier alpha value is -1.88. The van der Waals surface area contributed by atoms with Crippen molar-refractivity contribution in [2.24, 2.45) is 7.05 Å². The van der Waals surface area contributed by atoms with E-state index >= 15 is 0 Å². The number of pyridine rings is 1. The van der Waals surface area contributed by atoms with Crippen LogP contribution in [0.2, 0.25) is 0 Å². The zero-order valence-corrected chi connectivity index (χ0v) is 12.7. The average Bonchev–Trinajstić information content (AvgIpc) is 2.84. The van der Waals surface area contributed by atoms with E-state index in [0.29, 0.717) is 6.61 Å². The van der Waals surface area contributed by atoms with Crippen molar-refractivity contribution in [3.63, 3.8) is 0 Å². The fraction of sp³-hybridized carbons (Fsp3) is 0.200. The lowest BCUT2D eigenvalue weighted by molar-refractivity contribution is 0.321. The summed E-state index contributed by atoms with van der Waals surface area (Å²) < 4.78 is 8.59. The third kappa shape index (κ3) is 2.99. The fourth-order valence-electron chi connectivity index (χ4n) is 2.05. The van der Waals surface area contributed by atoms with Crippen LogP contribution < -0.4 is 4.74 Å². The molecule has 0 atom stereocenters. The Morgan fingerprint density at radius 2 is 2.15 bits per heavy atom. The Kier molecular flexibility index (Phi) is 3.69. The van der Waals surface area contributed by atoms with Crippen LogP contribution in [0.25, 0.3) is 10.9 Å². The topological polar surface area (TPSA) is 39.9 Å². The number of benzene rings is 1. The fourth-order valence-corrected chi connectivity index (χ4v) is 2.43. The van der Waals surface area contributed by atoms with Crippen molar-refractivity contribution >= 4 is 26.8 Å². The summed E-state index contributed by atoms with van der Waals surface area (Å²) in [6, 6.07) is 8.02. The van der Waals surface area contributed by atoms with Crippen LogP contribution >= 0.6 is 15.9 Å². The summed E-state index contributed by atoms with van der Waals surface area (Å²) in [5.74, 6) is 0.791. The molecule has 102 valence electrons. The minimum absolute atomic E-state index is 0.618. The smallest absolute Gasteiger partial charge is 0.138 e. The molecule has 0 radical (unpaired) electrons. The minimum Gasteiger partial charge on any atom is -0.492 e. The van der Waals surface area contributed by atoms with Gasteiger partial charge in [-0.25, -0.2) is 0 Å². The van der Waals surface area contributed by atoms with Crippen LogP contribution in [0.4, 0.5) is 0 Å². The molecule has 0 spiro atoms. The van der Waals surface area contributed by atoms with Crippen molar-refractivity contribution in [1.29, 1.82) is 0 Å². The van der Waals surface area contributed by atoms with Crippen molar-refractivity contribution in [2.45, 2.75) is 6.42 Å². The van der Waals surface area contributed by atoms with Gasteiger partial charge < -0.3 is 4.74 Å². The lowest BCUT2D eigenvalue weighted by atomic mass is 10.2. The van der Waals surface area contributed by atoms with Gasteiger partial charge in [-0.2, -0.15) is 5.10 Å². The first-order chi connectivity index (χ1) is 9.70. The Morgan fingerprint density at radius 1 is 1.25 bits per heavy atom. The third-order valence-corrected chi connectivity index (χ3v) is 3.53. The molecule has 0 bridgehead atoms. The summed E-state index contributed by atoms with van der Waals surface area (Å²) in [7, 11) is 1.91. The summed E-state index contributed by atoms with van der Waals surface area (Å²) in [4.78, 5) is 4.39. The van der Waals surface area contributed by atoms with Crippen LogP contribution in [-0.2, 0) is 13.5 Å². The Balaban J connectivity index is 1.68. The number of ether oxygens (including phenoxy) is 1. The number of hydrogen-bond donors (Lipinski definition) is 0. The van der Waals surface area contributed by atoms with Gasteiger partial charge in [0, 0.05) is 29.5 Å². The maximum absolute atomic E-state index is 5.75. The van der Waals surface area contributed by atoms with Crippen LogP contribution in [0.1, 0.15) is 5.56 Å². The molecule has 0 saturated heterocycles. The lowest BCUT2D eigenvalue weighted by Gasteiger charge is -2.06. The van der Waals surface area contributed by atoms with E-state index < -0.39 is 0 Å². The third-order valence-electron chi connectivity index (χ3n) is 3.04. The number of fused-ring (bicyclic) bond motifs is 1. The standard InChI is InChI=1S/C15H14BrN3O/c1-19-10-11(8-18-19)4-5-20-14-7-12-6-13(16)2-3-15(12)17-9-14/h2-3,6-10H,4-5H2,1H3. The van der Waals surface area contributed by atoms with Crippen molar-refractivity contribution < 1.29 is 4.74 Å². The van der Waals surface area contributed by atoms with E-state index in [-0.39, 0.29) is 0 Å².